The monoisotopic (exact) mass is 572 g/mol. The average molecular weight is 574 g/mol. The molecule has 2 atom stereocenters. The summed E-state index contributed by atoms with van der Waals surface area (Å²) in [5.74, 6) is 0. The van der Waals surface area contributed by atoms with Gasteiger partial charge in [0.2, 0.25) is 0 Å². The van der Waals surface area contributed by atoms with Gasteiger partial charge in [0.1, 0.15) is 5.60 Å². The van der Waals surface area contributed by atoms with Crippen molar-refractivity contribution < 1.29 is 13.5 Å². The lowest BCUT2D eigenvalue weighted by atomic mass is 9.73. The molecule has 202 valence electrons. The maximum absolute atomic E-state index is 14.0. The van der Waals surface area contributed by atoms with E-state index in [4.69, 9.17) is 23.2 Å². The number of piperidine rings is 1. The normalized spacial score (nSPS) is 23.3. The summed E-state index contributed by atoms with van der Waals surface area (Å²) in [6.07, 6.45) is 5.08. The number of hydrogen-bond donors (Lipinski definition) is 1. The molecule has 8 heteroatoms. The first kappa shape index (κ1) is 27.5. The molecule has 0 unspecified atom stereocenters. The number of benzene rings is 3. The van der Waals surface area contributed by atoms with Gasteiger partial charge in [0.05, 0.1) is 20.6 Å². The Hall–Kier alpha value is -2.09. The van der Waals surface area contributed by atoms with Crippen LogP contribution in [0.5, 0.6) is 0 Å². The zero-order valence-corrected chi connectivity index (χ0v) is 23.9. The molecule has 2 aliphatic rings. The van der Waals surface area contributed by atoms with E-state index in [2.05, 4.69) is 24.0 Å². The fourth-order valence-corrected chi connectivity index (χ4v) is 8.40. The summed E-state index contributed by atoms with van der Waals surface area (Å²) in [7, 11) is -3.88. The van der Waals surface area contributed by atoms with Crippen LogP contribution in [0.4, 0.5) is 5.69 Å². The molecule has 38 heavy (non-hydrogen) atoms. The molecule has 5 nitrogen and oxygen atoms in total. The van der Waals surface area contributed by atoms with Crippen LogP contribution >= 0.6 is 23.2 Å². The molecule has 3 aromatic carbocycles. The van der Waals surface area contributed by atoms with Gasteiger partial charge in [0.15, 0.2) is 0 Å². The second kappa shape index (κ2) is 11.2. The molecule has 0 spiro atoms. The Morgan fingerprint density at radius 3 is 2.26 bits per heavy atom. The summed E-state index contributed by atoms with van der Waals surface area (Å²) in [4.78, 5) is 2.51. The predicted molar refractivity (Wildman–Crippen MR) is 154 cm³/mol. The van der Waals surface area contributed by atoms with Gasteiger partial charge in [-0.05, 0) is 74.1 Å². The van der Waals surface area contributed by atoms with Crippen molar-refractivity contribution in [2.75, 3.05) is 17.4 Å². The molecular formula is C30H34Cl2N2O3S. The second-order valence-electron chi connectivity index (χ2n) is 10.5. The molecule has 5 rings (SSSR count). The van der Waals surface area contributed by atoms with Crippen LogP contribution in [0.1, 0.15) is 49.7 Å². The van der Waals surface area contributed by atoms with Crippen LogP contribution in [-0.2, 0) is 15.6 Å². The van der Waals surface area contributed by atoms with Crippen LogP contribution in [0.3, 0.4) is 0 Å². The number of para-hydroxylation sites is 1. The third-order valence-electron chi connectivity index (χ3n) is 8.18. The molecule has 2 fully saturated rings. The highest BCUT2D eigenvalue weighted by Gasteiger charge is 2.45. The number of halogens is 2. The smallest absolute Gasteiger partial charge is 0.264 e. The molecule has 0 aromatic heterocycles. The van der Waals surface area contributed by atoms with Crippen LogP contribution in [0.2, 0.25) is 10.0 Å². The maximum Gasteiger partial charge on any atom is 0.264 e. The van der Waals surface area contributed by atoms with Gasteiger partial charge < -0.3 is 5.11 Å². The highest BCUT2D eigenvalue weighted by Crippen LogP contribution is 2.43. The lowest BCUT2D eigenvalue weighted by Crippen LogP contribution is -2.57. The summed E-state index contributed by atoms with van der Waals surface area (Å²) >= 11 is 12.3. The fourth-order valence-electron chi connectivity index (χ4n) is 6.30. The first-order valence-electron chi connectivity index (χ1n) is 13.3. The molecule has 1 aliphatic carbocycles. The van der Waals surface area contributed by atoms with Gasteiger partial charge in [0.25, 0.3) is 10.0 Å². The zero-order valence-electron chi connectivity index (χ0n) is 21.6. The topological polar surface area (TPSA) is 60.9 Å². The molecule has 1 aliphatic heterocycles. The fraction of sp³-hybridized carbons (Fsp3) is 0.400. The quantitative estimate of drug-likeness (QED) is 0.353. The summed E-state index contributed by atoms with van der Waals surface area (Å²) in [6, 6.07) is 21.6. The first-order chi connectivity index (χ1) is 18.2. The molecule has 0 bridgehead atoms. The molecular weight excluding hydrogens is 539 g/mol. The lowest BCUT2D eigenvalue weighted by molar-refractivity contribution is -0.0852. The second-order valence-corrected chi connectivity index (χ2v) is 13.1. The number of nitrogens with zero attached hydrogens (tertiary/aromatic N) is 2. The maximum atomic E-state index is 14.0. The molecule has 1 heterocycles. The average Bonchev–Trinajstić information content (AvgIpc) is 2.92. The Balaban J connectivity index is 1.42. The van der Waals surface area contributed by atoms with Crippen molar-refractivity contribution >= 4 is 38.9 Å². The van der Waals surface area contributed by atoms with Crippen molar-refractivity contribution in [1.82, 2.24) is 4.90 Å². The van der Waals surface area contributed by atoms with Crippen LogP contribution in [0.15, 0.2) is 77.7 Å². The number of sulfonamides is 1. The molecule has 1 saturated carbocycles. The Morgan fingerprint density at radius 1 is 0.895 bits per heavy atom. The van der Waals surface area contributed by atoms with E-state index >= 15 is 0 Å². The summed E-state index contributed by atoms with van der Waals surface area (Å²) in [5, 5.41) is 12.6. The van der Waals surface area contributed by atoms with E-state index in [9.17, 15) is 13.5 Å². The van der Waals surface area contributed by atoms with Gasteiger partial charge in [-0.1, -0.05) is 78.5 Å². The Labute approximate surface area is 236 Å². The van der Waals surface area contributed by atoms with Gasteiger partial charge >= 0.3 is 0 Å². The lowest BCUT2D eigenvalue weighted by Gasteiger charge is -2.49. The van der Waals surface area contributed by atoms with E-state index in [-0.39, 0.29) is 22.0 Å². The minimum atomic E-state index is -3.88. The highest BCUT2D eigenvalue weighted by molar-refractivity contribution is 7.92. The number of hydrogen-bond acceptors (Lipinski definition) is 4. The van der Waals surface area contributed by atoms with E-state index in [0.29, 0.717) is 36.6 Å². The van der Waals surface area contributed by atoms with E-state index < -0.39 is 15.6 Å². The van der Waals surface area contributed by atoms with E-state index in [1.54, 1.807) is 4.31 Å². The number of rotatable bonds is 6. The van der Waals surface area contributed by atoms with Crippen molar-refractivity contribution in [3.8, 4) is 0 Å². The van der Waals surface area contributed by atoms with E-state index in [1.807, 2.05) is 42.5 Å². The zero-order chi connectivity index (χ0) is 26.9. The first-order valence-corrected chi connectivity index (χ1v) is 15.5. The van der Waals surface area contributed by atoms with Crippen molar-refractivity contribution in [3.63, 3.8) is 0 Å². The standard InChI is InChI=1S/C30H34Cl2N2O3S/c1-22-9-5-6-12-26(22)30(35)18-8-7-13-29(30)33-19-16-24(17-20-33)34(23-10-3-2-4-11-23)38(36,37)25-14-15-27(31)28(32)21-25/h2-6,9-12,14-15,21,24,29,35H,7-8,13,16-20H2,1H3/t29-,30+/m1/s1. The summed E-state index contributed by atoms with van der Waals surface area (Å²) < 4.78 is 29.5. The van der Waals surface area contributed by atoms with Crippen LogP contribution in [0, 0.1) is 6.92 Å². The van der Waals surface area contributed by atoms with Gasteiger partial charge in [0, 0.05) is 25.2 Å². The molecule has 1 N–H and O–H groups in total. The number of likely N-dealkylation sites (tertiary alicyclic amines) is 1. The van der Waals surface area contributed by atoms with Crippen molar-refractivity contribution in [2.45, 2.75) is 68.0 Å². The highest BCUT2D eigenvalue weighted by atomic mass is 35.5. The number of anilines is 1. The van der Waals surface area contributed by atoms with Gasteiger partial charge in [-0.15, -0.1) is 0 Å². The molecule has 3 aromatic rings. The van der Waals surface area contributed by atoms with Crippen LogP contribution < -0.4 is 4.31 Å². The van der Waals surface area contributed by atoms with Crippen molar-refractivity contribution in [1.29, 1.82) is 0 Å². The molecule has 0 radical (unpaired) electrons. The minimum Gasteiger partial charge on any atom is -0.384 e. The Bertz CT molecular complexity index is 1380. The van der Waals surface area contributed by atoms with Crippen molar-refractivity contribution in [2.24, 2.45) is 0 Å². The van der Waals surface area contributed by atoms with Gasteiger partial charge in [-0.3, -0.25) is 9.21 Å². The van der Waals surface area contributed by atoms with Gasteiger partial charge in [-0.2, -0.15) is 0 Å². The number of aliphatic hydroxyl groups is 1. The van der Waals surface area contributed by atoms with Crippen LogP contribution in [0.25, 0.3) is 0 Å². The van der Waals surface area contributed by atoms with Gasteiger partial charge in [-0.25, -0.2) is 8.42 Å². The molecule has 0 amide bonds. The summed E-state index contributed by atoms with van der Waals surface area (Å²) in [6.45, 7) is 3.49. The SMILES string of the molecule is Cc1ccccc1[C@@]1(O)CCCC[C@H]1N1CCC(N(c2ccccc2)S(=O)(=O)c2ccc(Cl)c(Cl)c2)CC1. The Kier molecular flexibility index (Phi) is 8.09. The third kappa shape index (κ3) is 5.22. The summed E-state index contributed by atoms with van der Waals surface area (Å²) in [5.41, 5.74) is 1.85. The minimum absolute atomic E-state index is 0.00940. The largest absolute Gasteiger partial charge is 0.384 e. The number of aryl methyl sites for hydroxylation is 1. The molecule has 1 saturated heterocycles. The van der Waals surface area contributed by atoms with E-state index in [0.717, 1.165) is 36.8 Å². The van der Waals surface area contributed by atoms with Crippen LogP contribution in [-0.4, -0.2) is 43.6 Å². The third-order valence-corrected chi connectivity index (χ3v) is 10.8. The van der Waals surface area contributed by atoms with Crippen molar-refractivity contribution in [3.05, 3.63) is 94.0 Å². The predicted octanol–water partition coefficient (Wildman–Crippen LogP) is 6.79. The van der Waals surface area contributed by atoms with E-state index in [1.165, 1.54) is 18.2 Å². The Morgan fingerprint density at radius 2 is 1.58 bits per heavy atom.